The van der Waals surface area contributed by atoms with Gasteiger partial charge in [0.25, 0.3) is 0 Å². The summed E-state index contributed by atoms with van der Waals surface area (Å²) in [7, 11) is -3.38. The number of hydrogen-bond acceptors (Lipinski definition) is 5. The number of aliphatic hydroxyl groups excluding tert-OH is 2. The first kappa shape index (κ1) is 15.5. The molecular weight excluding hydrogens is 272 g/mol. The summed E-state index contributed by atoms with van der Waals surface area (Å²) in [5.74, 6) is 0.0995. The fourth-order valence-electron chi connectivity index (χ4n) is 1.47. The highest BCUT2D eigenvalue weighted by molar-refractivity contribution is 7.92. The summed E-state index contributed by atoms with van der Waals surface area (Å²) in [5, 5.41) is 18.8. The molecule has 0 radical (unpaired) electrons. The predicted molar refractivity (Wildman–Crippen MR) is 73.6 cm³/mol. The quantitative estimate of drug-likeness (QED) is 0.712. The van der Waals surface area contributed by atoms with Crippen molar-refractivity contribution >= 4 is 22.5 Å². The van der Waals surface area contributed by atoms with Crippen LogP contribution in [0.15, 0.2) is 29.2 Å². The van der Waals surface area contributed by atoms with E-state index >= 15 is 0 Å². The predicted octanol–water partition coefficient (Wildman–Crippen LogP) is 1.19. The molecule has 1 aromatic carbocycles. The van der Waals surface area contributed by atoms with E-state index in [1.165, 1.54) is 12.1 Å². The molecule has 0 amide bonds. The summed E-state index contributed by atoms with van der Waals surface area (Å²) in [6.45, 7) is 3.20. The van der Waals surface area contributed by atoms with E-state index in [-0.39, 0.29) is 10.6 Å². The first-order valence-corrected chi connectivity index (χ1v) is 7.79. The Kier molecular flexibility index (Phi) is 5.21. The van der Waals surface area contributed by atoms with E-state index in [4.69, 9.17) is 0 Å². The molecule has 6 heteroatoms. The fraction of sp³-hybridized carbons (Fsp3) is 0.500. The van der Waals surface area contributed by atoms with Crippen molar-refractivity contribution in [2.75, 3.05) is 5.75 Å². The number of sulfone groups is 1. The summed E-state index contributed by atoms with van der Waals surface area (Å²) in [6, 6.07) is 6.01. The topological polar surface area (TPSA) is 74.6 Å². The molecule has 2 N–H and O–H groups in total. The highest BCUT2D eigenvalue weighted by Crippen LogP contribution is 2.23. The van der Waals surface area contributed by atoms with Crippen LogP contribution in [0.5, 0.6) is 0 Å². The van der Waals surface area contributed by atoms with Crippen LogP contribution in [0.25, 0.3) is 0 Å². The van der Waals surface area contributed by atoms with E-state index < -0.39 is 27.3 Å². The molecule has 0 aromatic heterocycles. The summed E-state index contributed by atoms with van der Waals surface area (Å²) < 4.78 is 24.0. The maximum atomic E-state index is 12.0. The number of rotatable bonds is 5. The molecule has 0 aliphatic rings. The molecule has 0 aliphatic carbocycles. The standard InChI is InChI=1S/C12H18O4S2/c1-8(2)18(15,16)10-5-3-4-9(6-10)12(14)11(13)7-17/h3-6,8,11-14,17H,7H2,1-2H3. The molecule has 0 saturated heterocycles. The minimum absolute atomic E-state index is 0.0995. The fourth-order valence-corrected chi connectivity index (χ4v) is 2.78. The lowest BCUT2D eigenvalue weighted by Crippen LogP contribution is -2.20. The molecule has 1 rings (SSSR count). The minimum Gasteiger partial charge on any atom is -0.389 e. The molecule has 2 unspecified atom stereocenters. The van der Waals surface area contributed by atoms with Crippen molar-refractivity contribution in [1.29, 1.82) is 0 Å². The highest BCUT2D eigenvalue weighted by atomic mass is 32.2. The third-order valence-corrected chi connectivity index (χ3v) is 5.23. The Morgan fingerprint density at radius 1 is 1.28 bits per heavy atom. The van der Waals surface area contributed by atoms with Gasteiger partial charge in [0, 0.05) is 5.75 Å². The van der Waals surface area contributed by atoms with Gasteiger partial charge in [-0.25, -0.2) is 8.42 Å². The summed E-state index contributed by atoms with van der Waals surface area (Å²) >= 11 is 3.89. The van der Waals surface area contributed by atoms with Crippen molar-refractivity contribution in [3.63, 3.8) is 0 Å². The molecular formula is C12H18O4S2. The third-order valence-electron chi connectivity index (χ3n) is 2.70. The number of thiol groups is 1. The van der Waals surface area contributed by atoms with Crippen LogP contribution in [0.4, 0.5) is 0 Å². The van der Waals surface area contributed by atoms with Gasteiger partial charge in [-0.05, 0) is 31.5 Å². The Morgan fingerprint density at radius 3 is 2.39 bits per heavy atom. The molecule has 0 aliphatic heterocycles. The van der Waals surface area contributed by atoms with Gasteiger partial charge < -0.3 is 10.2 Å². The molecule has 1 aromatic rings. The van der Waals surface area contributed by atoms with Crippen LogP contribution in [0.2, 0.25) is 0 Å². The lowest BCUT2D eigenvalue weighted by molar-refractivity contribution is 0.0336. The van der Waals surface area contributed by atoms with Gasteiger partial charge in [-0.1, -0.05) is 12.1 Å². The molecule has 0 bridgehead atoms. The zero-order valence-electron chi connectivity index (χ0n) is 10.3. The van der Waals surface area contributed by atoms with Gasteiger partial charge in [-0.3, -0.25) is 0 Å². The van der Waals surface area contributed by atoms with Crippen molar-refractivity contribution in [2.24, 2.45) is 0 Å². The lowest BCUT2D eigenvalue weighted by Gasteiger charge is -2.17. The van der Waals surface area contributed by atoms with Crippen LogP contribution < -0.4 is 0 Å². The molecule has 102 valence electrons. The Morgan fingerprint density at radius 2 is 1.89 bits per heavy atom. The molecule has 0 heterocycles. The van der Waals surface area contributed by atoms with Gasteiger partial charge in [0.1, 0.15) is 6.10 Å². The van der Waals surface area contributed by atoms with Crippen LogP contribution in [-0.4, -0.2) is 35.7 Å². The Hall–Kier alpha value is -0.560. The van der Waals surface area contributed by atoms with Crippen LogP contribution in [0.3, 0.4) is 0 Å². The number of aliphatic hydroxyl groups is 2. The van der Waals surface area contributed by atoms with Gasteiger partial charge in [0.2, 0.25) is 0 Å². The Balaban J connectivity index is 3.15. The maximum Gasteiger partial charge on any atom is 0.180 e. The van der Waals surface area contributed by atoms with Crippen molar-refractivity contribution < 1.29 is 18.6 Å². The number of hydrogen-bond donors (Lipinski definition) is 3. The molecule has 18 heavy (non-hydrogen) atoms. The van der Waals surface area contributed by atoms with Crippen molar-refractivity contribution in [3.05, 3.63) is 29.8 Å². The van der Waals surface area contributed by atoms with Gasteiger partial charge in [0.05, 0.1) is 16.2 Å². The summed E-state index contributed by atoms with van der Waals surface area (Å²) in [4.78, 5) is 0.153. The van der Waals surface area contributed by atoms with E-state index in [2.05, 4.69) is 12.6 Å². The first-order chi connectivity index (χ1) is 8.30. The average Bonchev–Trinajstić information content (AvgIpc) is 2.36. The zero-order valence-corrected chi connectivity index (χ0v) is 12.0. The Bertz CT molecular complexity index is 497. The summed E-state index contributed by atoms with van der Waals surface area (Å²) in [6.07, 6.45) is -2.16. The van der Waals surface area contributed by atoms with Gasteiger partial charge in [0.15, 0.2) is 9.84 Å². The van der Waals surface area contributed by atoms with Gasteiger partial charge >= 0.3 is 0 Å². The van der Waals surface area contributed by atoms with Gasteiger partial charge in [-0.2, -0.15) is 12.6 Å². The van der Waals surface area contributed by atoms with Crippen LogP contribution in [-0.2, 0) is 9.84 Å². The van der Waals surface area contributed by atoms with Crippen molar-refractivity contribution in [1.82, 2.24) is 0 Å². The second-order valence-electron chi connectivity index (χ2n) is 4.36. The van der Waals surface area contributed by atoms with E-state index in [9.17, 15) is 18.6 Å². The monoisotopic (exact) mass is 290 g/mol. The van der Waals surface area contributed by atoms with Gasteiger partial charge in [-0.15, -0.1) is 0 Å². The first-order valence-electron chi connectivity index (χ1n) is 5.61. The van der Waals surface area contributed by atoms with Crippen molar-refractivity contribution in [2.45, 2.75) is 36.2 Å². The third kappa shape index (κ3) is 3.26. The van der Waals surface area contributed by atoms with Crippen LogP contribution >= 0.6 is 12.6 Å². The minimum atomic E-state index is -3.38. The Labute approximate surface area is 113 Å². The lowest BCUT2D eigenvalue weighted by atomic mass is 10.1. The van der Waals surface area contributed by atoms with E-state index in [0.29, 0.717) is 5.56 Å². The highest BCUT2D eigenvalue weighted by Gasteiger charge is 2.22. The number of benzene rings is 1. The van der Waals surface area contributed by atoms with Crippen LogP contribution in [0.1, 0.15) is 25.5 Å². The largest absolute Gasteiger partial charge is 0.389 e. The maximum absolute atomic E-state index is 12.0. The average molecular weight is 290 g/mol. The van der Waals surface area contributed by atoms with E-state index in [1.54, 1.807) is 26.0 Å². The second-order valence-corrected chi connectivity index (χ2v) is 7.23. The zero-order chi connectivity index (χ0) is 13.9. The molecule has 0 fully saturated rings. The molecule has 0 spiro atoms. The van der Waals surface area contributed by atoms with Crippen molar-refractivity contribution in [3.8, 4) is 0 Å². The van der Waals surface area contributed by atoms with Crippen LogP contribution in [0, 0.1) is 0 Å². The normalized spacial score (nSPS) is 15.7. The molecule has 0 saturated carbocycles. The summed E-state index contributed by atoms with van der Waals surface area (Å²) in [5.41, 5.74) is 0.373. The SMILES string of the molecule is CC(C)S(=O)(=O)c1cccc(C(O)C(O)CS)c1. The van der Waals surface area contributed by atoms with E-state index in [0.717, 1.165) is 0 Å². The molecule has 2 atom stereocenters. The van der Waals surface area contributed by atoms with E-state index in [1.807, 2.05) is 0 Å². The second kappa shape index (κ2) is 6.06. The smallest absolute Gasteiger partial charge is 0.180 e. The molecule has 4 nitrogen and oxygen atoms in total.